The van der Waals surface area contributed by atoms with Gasteiger partial charge < -0.3 is 19.6 Å². The number of sulfone groups is 1. The summed E-state index contributed by atoms with van der Waals surface area (Å²) in [7, 11) is -2.48. The Bertz CT molecular complexity index is 1080. The molecule has 2 aromatic carbocycles. The van der Waals surface area contributed by atoms with Crippen molar-refractivity contribution in [2.24, 2.45) is 0 Å². The van der Waals surface area contributed by atoms with Gasteiger partial charge in [-0.25, -0.2) is 13.2 Å². The van der Waals surface area contributed by atoms with Crippen LogP contribution in [0, 0.1) is 0 Å². The fourth-order valence-electron chi connectivity index (χ4n) is 3.64. The maximum atomic E-state index is 13.4. The summed E-state index contributed by atoms with van der Waals surface area (Å²) in [5, 5.41) is 1.70. The van der Waals surface area contributed by atoms with Gasteiger partial charge in [-0.05, 0) is 62.7 Å². The van der Waals surface area contributed by atoms with Crippen LogP contribution in [0.1, 0.15) is 32.3 Å². The van der Waals surface area contributed by atoms with Crippen LogP contribution in [-0.2, 0) is 19.4 Å². The van der Waals surface area contributed by atoms with Crippen LogP contribution in [0.15, 0.2) is 53.4 Å². The molecular formula is C22H24ClNO6S. The third-order valence-electron chi connectivity index (χ3n) is 5.04. The highest BCUT2D eigenvalue weighted by Crippen LogP contribution is 2.56. The van der Waals surface area contributed by atoms with Crippen LogP contribution in [0.2, 0.25) is 5.02 Å². The van der Waals surface area contributed by atoms with Gasteiger partial charge in [-0.15, -0.1) is 0 Å². The quantitative estimate of drug-likeness (QED) is 0.652. The molecule has 0 spiro atoms. The zero-order valence-electron chi connectivity index (χ0n) is 17.6. The Balaban J connectivity index is 2.04. The first-order valence-corrected chi connectivity index (χ1v) is 11.5. The molecule has 1 amide bonds. The van der Waals surface area contributed by atoms with E-state index >= 15 is 0 Å². The minimum absolute atomic E-state index is 0.00938. The van der Waals surface area contributed by atoms with Gasteiger partial charge in [-0.3, -0.25) is 0 Å². The van der Waals surface area contributed by atoms with E-state index in [0.717, 1.165) is 0 Å². The molecule has 31 heavy (non-hydrogen) atoms. The fraction of sp³-hybridized carbons (Fsp3) is 0.364. The molecule has 0 saturated heterocycles. The Kier molecular flexibility index (Phi) is 6.08. The van der Waals surface area contributed by atoms with Crippen LogP contribution in [0.5, 0.6) is 5.75 Å². The molecule has 0 bridgehead atoms. The maximum absolute atomic E-state index is 13.4. The van der Waals surface area contributed by atoms with Crippen molar-refractivity contribution in [3.8, 4) is 5.75 Å². The van der Waals surface area contributed by atoms with Crippen molar-refractivity contribution in [2.45, 2.75) is 48.0 Å². The summed E-state index contributed by atoms with van der Waals surface area (Å²) in [5.41, 5.74) is -1.91. The molecule has 1 aliphatic rings. The number of methoxy groups -OCH3 is 1. The number of rotatable bonds is 6. The minimum atomic E-state index is -4.00. The lowest BCUT2D eigenvalue weighted by Gasteiger charge is -2.22. The summed E-state index contributed by atoms with van der Waals surface area (Å²) >= 11 is 5.89. The molecule has 7 nitrogen and oxygen atoms in total. The number of benzene rings is 2. The second-order valence-corrected chi connectivity index (χ2v) is 10.9. The van der Waals surface area contributed by atoms with Gasteiger partial charge in [0.25, 0.3) is 0 Å². The number of alkyl carbamates (subject to hydrolysis) is 1. The second kappa shape index (κ2) is 8.16. The minimum Gasteiger partial charge on any atom is -0.497 e. The molecule has 3 atom stereocenters. The summed E-state index contributed by atoms with van der Waals surface area (Å²) in [6, 6.07) is 12.4. The van der Waals surface area contributed by atoms with Crippen molar-refractivity contribution in [3.05, 3.63) is 59.1 Å². The SMILES string of the molecule is COc1ccc([C@H]2[C@H](S(=O)(=O)c3ccc(Cl)cc3)[C@@]2(C=O)NC(=O)OC(C)(C)C)cc1. The van der Waals surface area contributed by atoms with E-state index in [-0.39, 0.29) is 4.90 Å². The lowest BCUT2D eigenvalue weighted by molar-refractivity contribution is -0.110. The summed E-state index contributed by atoms with van der Waals surface area (Å²) < 4.78 is 37.3. The largest absolute Gasteiger partial charge is 0.497 e. The van der Waals surface area contributed by atoms with Crippen molar-refractivity contribution in [2.75, 3.05) is 7.11 Å². The van der Waals surface area contributed by atoms with E-state index in [4.69, 9.17) is 21.1 Å². The summed E-state index contributed by atoms with van der Waals surface area (Å²) in [6.45, 7) is 5.03. The number of hydrogen-bond acceptors (Lipinski definition) is 6. The van der Waals surface area contributed by atoms with Gasteiger partial charge in [0.05, 0.1) is 12.0 Å². The van der Waals surface area contributed by atoms with Crippen molar-refractivity contribution in [3.63, 3.8) is 0 Å². The molecule has 2 aromatic rings. The van der Waals surface area contributed by atoms with E-state index in [1.165, 1.54) is 31.4 Å². The Labute approximate surface area is 186 Å². The van der Waals surface area contributed by atoms with Crippen molar-refractivity contribution >= 4 is 33.8 Å². The Morgan fingerprint density at radius 1 is 1.10 bits per heavy atom. The van der Waals surface area contributed by atoms with Crippen LogP contribution in [-0.4, -0.2) is 44.3 Å². The average molecular weight is 466 g/mol. The van der Waals surface area contributed by atoms with E-state index in [9.17, 15) is 18.0 Å². The van der Waals surface area contributed by atoms with E-state index in [0.29, 0.717) is 22.6 Å². The first kappa shape index (κ1) is 23.1. The number of nitrogens with one attached hydrogen (secondary N) is 1. The highest BCUT2D eigenvalue weighted by molar-refractivity contribution is 7.92. The Morgan fingerprint density at radius 2 is 1.68 bits per heavy atom. The lowest BCUT2D eigenvalue weighted by atomic mass is 10.1. The van der Waals surface area contributed by atoms with Crippen molar-refractivity contribution < 1.29 is 27.5 Å². The standard InChI is InChI=1S/C22H24ClNO6S/c1-21(2,3)30-20(26)24-22(13-25)18(14-5-9-16(29-4)10-6-14)19(22)31(27,28)17-11-7-15(23)8-12-17/h5-13,18-19H,1-4H3,(H,24,26)/t18-,19-,22-/m0/s1. The number of carbonyl (C=O) groups excluding carboxylic acids is 2. The molecule has 166 valence electrons. The van der Waals surface area contributed by atoms with E-state index in [2.05, 4.69) is 5.32 Å². The molecule has 0 unspecified atom stereocenters. The van der Waals surface area contributed by atoms with Gasteiger partial charge in [-0.2, -0.15) is 0 Å². The third-order valence-corrected chi connectivity index (χ3v) is 7.55. The summed E-state index contributed by atoms with van der Waals surface area (Å²) in [4.78, 5) is 24.7. The molecule has 1 N–H and O–H groups in total. The van der Waals surface area contributed by atoms with Gasteiger partial charge in [0.2, 0.25) is 0 Å². The van der Waals surface area contributed by atoms with Gasteiger partial charge in [0.1, 0.15) is 28.4 Å². The topological polar surface area (TPSA) is 98.8 Å². The van der Waals surface area contributed by atoms with Gasteiger partial charge >= 0.3 is 6.09 Å². The highest BCUT2D eigenvalue weighted by atomic mass is 35.5. The molecule has 1 saturated carbocycles. The number of ether oxygens (including phenoxy) is 2. The lowest BCUT2D eigenvalue weighted by Crippen LogP contribution is -2.45. The molecule has 1 fully saturated rings. The zero-order chi connectivity index (χ0) is 23.0. The average Bonchev–Trinajstić information content (AvgIpc) is 3.36. The fourth-order valence-corrected chi connectivity index (χ4v) is 6.01. The monoisotopic (exact) mass is 465 g/mol. The van der Waals surface area contributed by atoms with Gasteiger partial charge in [-0.1, -0.05) is 23.7 Å². The van der Waals surface area contributed by atoms with Gasteiger partial charge in [0, 0.05) is 10.9 Å². The van der Waals surface area contributed by atoms with Gasteiger partial charge in [0.15, 0.2) is 9.84 Å². The molecule has 0 aromatic heterocycles. The predicted molar refractivity (Wildman–Crippen MR) is 116 cm³/mol. The maximum Gasteiger partial charge on any atom is 0.408 e. The van der Waals surface area contributed by atoms with Crippen molar-refractivity contribution in [1.82, 2.24) is 5.32 Å². The smallest absolute Gasteiger partial charge is 0.408 e. The summed E-state index contributed by atoms with van der Waals surface area (Å²) in [5.74, 6) is -0.220. The summed E-state index contributed by atoms with van der Waals surface area (Å²) in [6.07, 6.45) is -0.392. The number of halogens is 1. The number of hydrogen-bond donors (Lipinski definition) is 1. The Hall–Kier alpha value is -2.58. The molecule has 9 heteroatoms. The number of amides is 1. The van der Waals surface area contributed by atoms with E-state index < -0.39 is 38.2 Å². The molecule has 0 heterocycles. The third kappa shape index (κ3) is 4.55. The normalized spacial score (nSPS) is 23.0. The molecule has 0 aliphatic heterocycles. The van der Waals surface area contributed by atoms with Crippen LogP contribution in [0.25, 0.3) is 0 Å². The molecule has 0 radical (unpaired) electrons. The van der Waals surface area contributed by atoms with Crippen LogP contribution < -0.4 is 10.1 Å². The first-order valence-electron chi connectivity index (χ1n) is 9.55. The van der Waals surface area contributed by atoms with E-state index in [1.807, 2.05) is 0 Å². The molecular weight excluding hydrogens is 442 g/mol. The van der Waals surface area contributed by atoms with Crippen LogP contribution >= 0.6 is 11.6 Å². The number of aldehydes is 1. The second-order valence-electron chi connectivity index (χ2n) is 8.35. The number of carbonyl (C=O) groups is 2. The predicted octanol–water partition coefficient (Wildman–Crippen LogP) is 3.75. The first-order chi connectivity index (χ1) is 14.4. The van der Waals surface area contributed by atoms with E-state index in [1.54, 1.807) is 45.0 Å². The van der Waals surface area contributed by atoms with Crippen molar-refractivity contribution in [1.29, 1.82) is 0 Å². The van der Waals surface area contributed by atoms with Crippen LogP contribution in [0.3, 0.4) is 0 Å². The molecule has 3 rings (SSSR count). The highest BCUT2D eigenvalue weighted by Gasteiger charge is 2.73. The zero-order valence-corrected chi connectivity index (χ0v) is 19.2. The van der Waals surface area contributed by atoms with Crippen LogP contribution in [0.4, 0.5) is 4.79 Å². The molecule has 1 aliphatic carbocycles. The Morgan fingerprint density at radius 3 is 2.16 bits per heavy atom.